The van der Waals surface area contributed by atoms with Gasteiger partial charge < -0.3 is 14.2 Å². The van der Waals surface area contributed by atoms with Gasteiger partial charge in [0.15, 0.2) is 6.10 Å². The van der Waals surface area contributed by atoms with Crippen LogP contribution in [0, 0.1) is 0 Å². The van der Waals surface area contributed by atoms with E-state index in [0.29, 0.717) is 19.3 Å². The van der Waals surface area contributed by atoms with Crippen LogP contribution in [0.15, 0.2) is 24.3 Å². The van der Waals surface area contributed by atoms with E-state index in [1.807, 2.05) is 0 Å². The molecule has 0 amide bonds. The van der Waals surface area contributed by atoms with E-state index in [0.717, 1.165) is 77.0 Å². The summed E-state index contributed by atoms with van der Waals surface area (Å²) in [7, 11) is 0. The van der Waals surface area contributed by atoms with Crippen LogP contribution in [-0.4, -0.2) is 37.2 Å². The predicted octanol–water partition coefficient (Wildman–Crippen LogP) is 13.6. The van der Waals surface area contributed by atoms with Crippen molar-refractivity contribution in [2.75, 3.05) is 13.2 Å². The highest BCUT2D eigenvalue weighted by Crippen LogP contribution is 2.14. The van der Waals surface area contributed by atoms with Gasteiger partial charge in [0.05, 0.1) is 0 Å². The maximum Gasteiger partial charge on any atom is 0.306 e. The molecule has 0 aliphatic carbocycles. The number of ether oxygens (including phenoxy) is 3. The fourth-order valence-corrected chi connectivity index (χ4v) is 6.12. The molecular weight excluding hydrogens is 636 g/mol. The third-order valence-electron chi connectivity index (χ3n) is 9.46. The maximum absolute atomic E-state index is 12.6. The Kier molecular flexibility index (Phi) is 39.0. The average Bonchev–Trinajstić information content (AvgIpc) is 3.13. The van der Waals surface area contributed by atoms with Crippen LogP contribution in [0.25, 0.3) is 0 Å². The fourth-order valence-electron chi connectivity index (χ4n) is 6.12. The molecule has 298 valence electrons. The van der Waals surface area contributed by atoms with Crippen molar-refractivity contribution in [2.24, 2.45) is 0 Å². The molecule has 0 aliphatic rings. The van der Waals surface area contributed by atoms with Gasteiger partial charge in [0.25, 0.3) is 0 Å². The smallest absolute Gasteiger partial charge is 0.306 e. The molecule has 0 rings (SSSR count). The number of carbonyl (C=O) groups is 3. The van der Waals surface area contributed by atoms with Crippen LogP contribution in [0.5, 0.6) is 0 Å². The number of rotatable bonds is 39. The Bertz CT molecular complexity index is 835. The molecule has 0 heterocycles. The first-order valence-corrected chi connectivity index (χ1v) is 21.8. The van der Waals surface area contributed by atoms with E-state index < -0.39 is 6.10 Å². The second-order valence-corrected chi connectivity index (χ2v) is 14.6. The maximum atomic E-state index is 12.6. The molecule has 0 aromatic rings. The lowest BCUT2D eigenvalue weighted by Gasteiger charge is -2.18. The molecule has 0 fully saturated rings. The van der Waals surface area contributed by atoms with Crippen molar-refractivity contribution in [1.29, 1.82) is 0 Å². The summed E-state index contributed by atoms with van der Waals surface area (Å²) in [6, 6.07) is 0. The minimum atomic E-state index is -0.767. The summed E-state index contributed by atoms with van der Waals surface area (Å²) in [6.07, 6.45) is 43.2. The molecule has 0 bridgehead atoms. The zero-order valence-corrected chi connectivity index (χ0v) is 33.9. The average molecular weight is 719 g/mol. The number of esters is 3. The van der Waals surface area contributed by atoms with Gasteiger partial charge in [-0.05, 0) is 51.4 Å². The molecule has 1 atom stereocenters. The number of carbonyl (C=O) groups excluding carboxylic acids is 3. The van der Waals surface area contributed by atoms with Crippen LogP contribution in [0.4, 0.5) is 0 Å². The second kappa shape index (κ2) is 40.7. The van der Waals surface area contributed by atoms with E-state index in [9.17, 15) is 14.4 Å². The van der Waals surface area contributed by atoms with Crippen molar-refractivity contribution in [3.05, 3.63) is 24.3 Å². The monoisotopic (exact) mass is 719 g/mol. The molecule has 51 heavy (non-hydrogen) atoms. The van der Waals surface area contributed by atoms with Gasteiger partial charge in [-0.15, -0.1) is 0 Å². The minimum Gasteiger partial charge on any atom is -0.462 e. The Balaban J connectivity index is 4.27. The topological polar surface area (TPSA) is 78.9 Å². The molecule has 1 unspecified atom stereocenters. The Morgan fingerprint density at radius 2 is 0.706 bits per heavy atom. The van der Waals surface area contributed by atoms with Crippen LogP contribution >= 0.6 is 0 Å². The van der Waals surface area contributed by atoms with E-state index in [1.165, 1.54) is 109 Å². The van der Waals surface area contributed by atoms with E-state index in [2.05, 4.69) is 45.1 Å². The van der Waals surface area contributed by atoms with Gasteiger partial charge in [0, 0.05) is 19.3 Å². The van der Waals surface area contributed by atoms with Crippen molar-refractivity contribution < 1.29 is 28.6 Å². The molecule has 0 aromatic carbocycles. The zero-order chi connectivity index (χ0) is 37.3. The van der Waals surface area contributed by atoms with Crippen molar-refractivity contribution >= 4 is 17.9 Å². The minimum absolute atomic E-state index is 0.0737. The third kappa shape index (κ3) is 38.9. The van der Waals surface area contributed by atoms with Gasteiger partial charge in [0.2, 0.25) is 0 Å². The fraction of sp³-hybridized carbons (Fsp3) is 0.844. The second-order valence-electron chi connectivity index (χ2n) is 14.6. The van der Waals surface area contributed by atoms with Gasteiger partial charge in [-0.2, -0.15) is 0 Å². The number of allylic oxidation sites excluding steroid dienone is 4. The first-order chi connectivity index (χ1) is 25.0. The van der Waals surface area contributed by atoms with Gasteiger partial charge in [-0.25, -0.2) is 0 Å². The van der Waals surface area contributed by atoms with Gasteiger partial charge in [-0.1, -0.05) is 180 Å². The van der Waals surface area contributed by atoms with Gasteiger partial charge in [-0.3, -0.25) is 14.4 Å². The Labute approximate surface area is 315 Å². The van der Waals surface area contributed by atoms with E-state index in [4.69, 9.17) is 14.2 Å². The number of hydrogen-bond acceptors (Lipinski definition) is 6. The summed E-state index contributed by atoms with van der Waals surface area (Å²) in [4.78, 5) is 37.4. The SMILES string of the molecule is CCCCCC/C=C\C/C=C\CCCCCCCC(=O)OCC(COC(=O)CCCCCCCC)OC(=O)CCCCCCCCCCCCC. The van der Waals surface area contributed by atoms with Crippen LogP contribution in [0.2, 0.25) is 0 Å². The normalized spacial score (nSPS) is 12.1. The van der Waals surface area contributed by atoms with Crippen molar-refractivity contribution in [1.82, 2.24) is 0 Å². The first-order valence-electron chi connectivity index (χ1n) is 21.8. The quantitative estimate of drug-likeness (QED) is 0.0272. The number of unbranched alkanes of at least 4 members (excludes halogenated alkanes) is 24. The molecule has 6 nitrogen and oxygen atoms in total. The van der Waals surface area contributed by atoms with E-state index in [-0.39, 0.29) is 31.1 Å². The Morgan fingerprint density at radius 3 is 1.10 bits per heavy atom. The third-order valence-corrected chi connectivity index (χ3v) is 9.46. The molecular formula is C45H82O6. The highest BCUT2D eigenvalue weighted by molar-refractivity contribution is 5.71. The van der Waals surface area contributed by atoms with Crippen molar-refractivity contribution in [2.45, 2.75) is 232 Å². The lowest BCUT2D eigenvalue weighted by molar-refractivity contribution is -0.167. The molecule has 0 aliphatic heterocycles. The standard InChI is InChI=1S/C45H82O6/c1-4-7-10-13-16-18-20-21-22-23-24-26-27-29-32-35-38-44(47)50-41-42(40-49-43(46)37-34-31-15-12-9-6-3)51-45(48)39-36-33-30-28-25-19-17-14-11-8-5-2/h18,20,22-23,42H,4-17,19,21,24-41H2,1-3H3/b20-18-,23-22-. The Hall–Kier alpha value is -2.11. The first kappa shape index (κ1) is 48.9. The number of hydrogen-bond donors (Lipinski definition) is 0. The van der Waals surface area contributed by atoms with Gasteiger partial charge >= 0.3 is 17.9 Å². The van der Waals surface area contributed by atoms with Crippen LogP contribution in [0.1, 0.15) is 226 Å². The van der Waals surface area contributed by atoms with E-state index >= 15 is 0 Å². The molecule has 0 aromatic heterocycles. The van der Waals surface area contributed by atoms with Crippen LogP contribution in [0.3, 0.4) is 0 Å². The van der Waals surface area contributed by atoms with Crippen molar-refractivity contribution in [3.63, 3.8) is 0 Å². The predicted molar refractivity (Wildman–Crippen MR) is 215 cm³/mol. The summed E-state index contributed by atoms with van der Waals surface area (Å²) in [6.45, 7) is 6.53. The largest absolute Gasteiger partial charge is 0.462 e. The summed E-state index contributed by atoms with van der Waals surface area (Å²) in [5, 5.41) is 0. The lowest BCUT2D eigenvalue weighted by Crippen LogP contribution is -2.30. The van der Waals surface area contributed by atoms with Gasteiger partial charge in [0.1, 0.15) is 13.2 Å². The highest BCUT2D eigenvalue weighted by atomic mass is 16.6. The summed E-state index contributed by atoms with van der Waals surface area (Å²) in [5.74, 6) is -0.895. The molecule has 0 spiro atoms. The van der Waals surface area contributed by atoms with Crippen LogP contribution < -0.4 is 0 Å². The summed E-state index contributed by atoms with van der Waals surface area (Å²) < 4.78 is 16.6. The zero-order valence-electron chi connectivity index (χ0n) is 33.9. The van der Waals surface area contributed by atoms with E-state index in [1.54, 1.807) is 0 Å². The molecule has 0 saturated heterocycles. The van der Waals surface area contributed by atoms with Crippen molar-refractivity contribution in [3.8, 4) is 0 Å². The van der Waals surface area contributed by atoms with Crippen LogP contribution in [-0.2, 0) is 28.6 Å². The summed E-state index contributed by atoms with van der Waals surface area (Å²) >= 11 is 0. The molecule has 0 saturated carbocycles. The lowest BCUT2D eigenvalue weighted by atomic mass is 10.1. The molecule has 6 heteroatoms. The summed E-state index contributed by atoms with van der Waals surface area (Å²) in [5.41, 5.74) is 0. The molecule has 0 N–H and O–H groups in total. The highest BCUT2D eigenvalue weighted by Gasteiger charge is 2.19. The molecule has 0 radical (unpaired) electrons. The Morgan fingerprint density at radius 1 is 0.392 bits per heavy atom.